The molecule has 0 atom stereocenters. The van der Waals surface area contributed by atoms with E-state index in [1.807, 2.05) is 0 Å². The molecule has 4 heteroatoms. The summed E-state index contributed by atoms with van der Waals surface area (Å²) in [6.07, 6.45) is 4.43. The van der Waals surface area contributed by atoms with Crippen LogP contribution in [0.1, 0.15) is 11.1 Å². The molecule has 0 amide bonds. The molecule has 50 heavy (non-hydrogen) atoms. The number of pyridine rings is 2. The molecule has 0 radical (unpaired) electrons. The minimum absolute atomic E-state index is 0.787. The van der Waals surface area contributed by atoms with Gasteiger partial charge in [-0.3, -0.25) is 0 Å². The third-order valence-corrected chi connectivity index (χ3v) is 9.71. The zero-order valence-corrected chi connectivity index (χ0v) is 28.5. The second-order valence-electron chi connectivity index (χ2n) is 12.9. The normalized spacial score (nSPS) is 11.2. The Morgan fingerprint density at radius 3 is 1.24 bits per heavy atom. The molecule has 6 aromatic carbocycles. The van der Waals surface area contributed by atoms with Gasteiger partial charge < -0.3 is 9.80 Å². The van der Waals surface area contributed by atoms with E-state index in [1.54, 1.807) is 0 Å². The summed E-state index contributed by atoms with van der Waals surface area (Å²) in [6.45, 7) is 1.57. The third-order valence-electron chi connectivity index (χ3n) is 9.71. The van der Waals surface area contributed by atoms with Crippen molar-refractivity contribution in [3.63, 3.8) is 0 Å². The number of anilines is 4. The van der Waals surface area contributed by atoms with Gasteiger partial charge >= 0.3 is 0 Å². The van der Waals surface area contributed by atoms with Gasteiger partial charge in [0.05, 0.1) is 22.1 Å². The molecular formula is C46H40N4+2. The second kappa shape index (κ2) is 13.7. The summed E-state index contributed by atoms with van der Waals surface area (Å²) in [5, 5.41) is 2.46. The van der Waals surface area contributed by atoms with E-state index in [1.165, 1.54) is 66.8 Å². The maximum atomic E-state index is 2.35. The van der Waals surface area contributed by atoms with Crippen molar-refractivity contribution < 1.29 is 9.13 Å². The van der Waals surface area contributed by atoms with Crippen LogP contribution >= 0.6 is 0 Å². The Labute approximate surface area is 294 Å². The summed E-state index contributed by atoms with van der Waals surface area (Å²) in [5.74, 6) is 0. The van der Waals surface area contributed by atoms with E-state index >= 15 is 0 Å². The number of hydrogen-bond acceptors (Lipinski definition) is 2. The standard InChI is InChI=1S/C46H40N4/c1-47(39-19-5-3-6-20-39)43-27-29-49(45-25-11-9-23-41(43)45)33-35-15-13-17-37(31-35)38-18-14-16-36(32-38)34-50-30-28-44(42-24-10-12-26-46(42)50)48(2)40-21-7-4-8-22-40/h3-32H,33-34H2,1-2H3/q+2. The third kappa shape index (κ3) is 6.20. The molecule has 2 heterocycles. The predicted molar refractivity (Wildman–Crippen MR) is 207 cm³/mol. The summed E-state index contributed by atoms with van der Waals surface area (Å²) >= 11 is 0. The minimum Gasteiger partial charge on any atom is -0.344 e. The van der Waals surface area contributed by atoms with Gasteiger partial charge in [-0.1, -0.05) is 97.1 Å². The lowest BCUT2D eigenvalue weighted by atomic mass is 10.0. The Hall–Kier alpha value is -6.26. The van der Waals surface area contributed by atoms with E-state index < -0.39 is 0 Å². The molecule has 4 nitrogen and oxygen atoms in total. The van der Waals surface area contributed by atoms with Gasteiger partial charge in [0, 0.05) is 60.9 Å². The first-order valence-corrected chi connectivity index (χ1v) is 17.2. The number of nitrogens with zero attached hydrogens (tertiary/aromatic N) is 4. The van der Waals surface area contributed by atoms with Gasteiger partial charge in [-0.05, 0) is 59.7 Å². The minimum atomic E-state index is 0.787. The molecule has 0 aliphatic rings. The van der Waals surface area contributed by atoms with Crippen LogP contribution in [0.15, 0.2) is 182 Å². The van der Waals surface area contributed by atoms with Crippen molar-refractivity contribution in [1.82, 2.24) is 0 Å². The molecule has 0 aliphatic carbocycles. The molecule has 8 aromatic rings. The predicted octanol–water partition coefficient (Wildman–Crippen LogP) is 9.87. The average Bonchev–Trinajstić information content (AvgIpc) is 3.18. The van der Waals surface area contributed by atoms with Crippen LogP contribution in [0.25, 0.3) is 32.9 Å². The van der Waals surface area contributed by atoms with Crippen molar-refractivity contribution in [3.05, 3.63) is 193 Å². The van der Waals surface area contributed by atoms with Crippen molar-refractivity contribution in [2.45, 2.75) is 13.1 Å². The highest BCUT2D eigenvalue weighted by atomic mass is 15.1. The molecule has 0 bridgehead atoms. The molecule has 8 rings (SSSR count). The van der Waals surface area contributed by atoms with Gasteiger partial charge in [0.25, 0.3) is 0 Å². The summed E-state index contributed by atoms with van der Waals surface area (Å²) in [7, 11) is 4.28. The van der Waals surface area contributed by atoms with Gasteiger partial charge in [-0.25, -0.2) is 0 Å². The van der Waals surface area contributed by atoms with E-state index in [-0.39, 0.29) is 0 Å². The number of hydrogen-bond donors (Lipinski definition) is 0. The van der Waals surface area contributed by atoms with E-state index in [0.717, 1.165) is 13.1 Å². The molecule has 242 valence electrons. The molecule has 2 aromatic heterocycles. The second-order valence-corrected chi connectivity index (χ2v) is 12.9. The first-order valence-electron chi connectivity index (χ1n) is 17.2. The summed E-state index contributed by atoms with van der Waals surface area (Å²) in [6, 6.07) is 60.9. The lowest BCUT2D eigenvalue weighted by Crippen LogP contribution is -2.35. The van der Waals surface area contributed by atoms with Crippen LogP contribution in [0.5, 0.6) is 0 Å². The molecule has 0 aliphatic heterocycles. The van der Waals surface area contributed by atoms with Crippen LogP contribution in [0.2, 0.25) is 0 Å². The van der Waals surface area contributed by atoms with E-state index in [4.69, 9.17) is 0 Å². The van der Waals surface area contributed by atoms with Crippen LogP contribution in [0, 0.1) is 0 Å². The maximum absolute atomic E-state index is 2.35. The van der Waals surface area contributed by atoms with Crippen molar-refractivity contribution in [2.75, 3.05) is 23.9 Å². The quantitative estimate of drug-likeness (QED) is 0.145. The van der Waals surface area contributed by atoms with Crippen molar-refractivity contribution in [1.29, 1.82) is 0 Å². The van der Waals surface area contributed by atoms with Crippen molar-refractivity contribution >= 4 is 44.6 Å². The highest BCUT2D eigenvalue weighted by Gasteiger charge is 2.18. The van der Waals surface area contributed by atoms with Crippen LogP contribution in [-0.4, -0.2) is 14.1 Å². The Morgan fingerprint density at radius 2 is 0.800 bits per heavy atom. The average molecular weight is 649 g/mol. The fraction of sp³-hybridized carbons (Fsp3) is 0.0870. The Morgan fingerprint density at radius 1 is 0.400 bits per heavy atom. The van der Waals surface area contributed by atoms with Crippen molar-refractivity contribution in [3.8, 4) is 11.1 Å². The van der Waals surface area contributed by atoms with Crippen LogP contribution in [0.3, 0.4) is 0 Å². The zero-order chi connectivity index (χ0) is 33.9. The fourth-order valence-corrected chi connectivity index (χ4v) is 7.08. The first kappa shape index (κ1) is 31.0. The SMILES string of the molecule is CN(c1ccccc1)c1cc[n+](Cc2cccc(-c3cccc(C[n+]4ccc(N(C)c5ccccc5)c5ccccc54)c3)c2)c2ccccc12. The summed E-state index contributed by atoms with van der Waals surface area (Å²) < 4.78 is 4.71. The first-order chi connectivity index (χ1) is 24.6. The van der Waals surface area contributed by atoms with Crippen LogP contribution < -0.4 is 18.9 Å². The fourth-order valence-electron chi connectivity index (χ4n) is 7.08. The highest BCUT2D eigenvalue weighted by Crippen LogP contribution is 2.31. The van der Waals surface area contributed by atoms with Crippen LogP contribution in [-0.2, 0) is 13.1 Å². The molecule has 0 saturated carbocycles. The molecular weight excluding hydrogens is 609 g/mol. The topological polar surface area (TPSA) is 14.2 Å². The van der Waals surface area contributed by atoms with Gasteiger partial charge in [0.1, 0.15) is 0 Å². The maximum Gasteiger partial charge on any atom is 0.214 e. The van der Waals surface area contributed by atoms with Gasteiger partial charge in [-0.2, -0.15) is 9.13 Å². The van der Waals surface area contributed by atoms with Gasteiger partial charge in [-0.15, -0.1) is 0 Å². The van der Waals surface area contributed by atoms with Crippen molar-refractivity contribution in [2.24, 2.45) is 0 Å². The number of fused-ring (bicyclic) bond motifs is 2. The molecule has 0 spiro atoms. The lowest BCUT2D eigenvalue weighted by molar-refractivity contribution is -0.662. The van der Waals surface area contributed by atoms with E-state index in [9.17, 15) is 0 Å². The molecule has 0 fully saturated rings. The zero-order valence-electron chi connectivity index (χ0n) is 28.5. The number of rotatable bonds is 9. The molecule has 0 unspecified atom stereocenters. The Balaban J connectivity index is 1.06. The largest absolute Gasteiger partial charge is 0.344 e. The van der Waals surface area contributed by atoms with Crippen LogP contribution in [0.4, 0.5) is 22.7 Å². The van der Waals surface area contributed by atoms with E-state index in [0.29, 0.717) is 0 Å². The summed E-state index contributed by atoms with van der Waals surface area (Å²) in [5.41, 5.74) is 12.1. The number of para-hydroxylation sites is 4. The van der Waals surface area contributed by atoms with Gasteiger partial charge in [0.15, 0.2) is 25.5 Å². The summed E-state index contributed by atoms with van der Waals surface area (Å²) in [4.78, 5) is 4.53. The smallest absolute Gasteiger partial charge is 0.214 e. The Kier molecular flexibility index (Phi) is 8.50. The van der Waals surface area contributed by atoms with Gasteiger partial charge in [0.2, 0.25) is 11.0 Å². The van der Waals surface area contributed by atoms with E-state index in [2.05, 4.69) is 215 Å². The molecule has 0 N–H and O–H groups in total. The monoisotopic (exact) mass is 648 g/mol. The number of benzene rings is 6. The Bertz CT molecular complexity index is 2250. The highest BCUT2D eigenvalue weighted by molar-refractivity contribution is 5.92. The molecule has 0 saturated heterocycles. The lowest BCUT2D eigenvalue weighted by Gasteiger charge is -2.20. The number of aromatic nitrogens is 2.